The van der Waals surface area contributed by atoms with Crippen LogP contribution in [-0.4, -0.2) is 21.8 Å². The molecule has 0 aliphatic rings. The van der Waals surface area contributed by atoms with Gasteiger partial charge in [-0.3, -0.25) is 0 Å². The molecule has 0 bridgehead atoms. The Hall–Kier alpha value is -1.97. The van der Waals surface area contributed by atoms with Crippen LogP contribution < -0.4 is 5.32 Å². The van der Waals surface area contributed by atoms with Crippen molar-refractivity contribution in [3.8, 4) is 0 Å². The summed E-state index contributed by atoms with van der Waals surface area (Å²) >= 11 is 0. The molecule has 0 fully saturated rings. The maximum Gasteiger partial charge on any atom is 0.416 e. The molecular formula is C13H13F6NO3. The second kappa shape index (κ2) is 5.91. The number of nitrogens with one attached hydrogen (secondary N) is 1. The van der Waals surface area contributed by atoms with Crippen molar-refractivity contribution in [2.24, 2.45) is 0 Å². The third-order valence-corrected chi connectivity index (χ3v) is 3.04. The molecule has 23 heavy (non-hydrogen) atoms. The van der Waals surface area contributed by atoms with Crippen molar-refractivity contribution in [1.82, 2.24) is 5.32 Å². The van der Waals surface area contributed by atoms with Gasteiger partial charge >= 0.3 is 18.4 Å². The van der Waals surface area contributed by atoms with Crippen molar-refractivity contribution < 1.29 is 41.4 Å². The van der Waals surface area contributed by atoms with Crippen molar-refractivity contribution in [3.05, 3.63) is 34.9 Å². The van der Waals surface area contributed by atoms with Crippen LogP contribution in [0.5, 0.6) is 0 Å². The molecule has 0 saturated carbocycles. The molecule has 1 rings (SSSR count). The first-order valence-electron chi connectivity index (χ1n) is 6.13. The zero-order chi connectivity index (χ0) is 18.2. The zero-order valence-corrected chi connectivity index (χ0v) is 11.9. The van der Waals surface area contributed by atoms with Crippen LogP contribution in [0.25, 0.3) is 0 Å². The van der Waals surface area contributed by atoms with Gasteiger partial charge in [-0.05, 0) is 37.6 Å². The summed E-state index contributed by atoms with van der Waals surface area (Å²) in [6.45, 7) is 2.25. The van der Waals surface area contributed by atoms with Gasteiger partial charge in [-0.25, -0.2) is 4.79 Å². The fourth-order valence-electron chi connectivity index (χ4n) is 1.90. The number of alkyl halides is 6. The summed E-state index contributed by atoms with van der Waals surface area (Å²) in [5.41, 5.74) is -5.59. The predicted octanol–water partition coefficient (Wildman–Crippen LogP) is 3.80. The monoisotopic (exact) mass is 345 g/mol. The Kier molecular flexibility index (Phi) is 4.90. The number of rotatable bonds is 3. The zero-order valence-electron chi connectivity index (χ0n) is 11.9. The highest BCUT2D eigenvalue weighted by molar-refractivity contribution is 5.65. The first-order valence-corrected chi connectivity index (χ1v) is 6.13. The van der Waals surface area contributed by atoms with Crippen molar-refractivity contribution in [3.63, 3.8) is 0 Å². The van der Waals surface area contributed by atoms with Crippen molar-refractivity contribution in [1.29, 1.82) is 0 Å². The Bertz CT molecular complexity index is 562. The number of amides is 1. The van der Waals surface area contributed by atoms with E-state index >= 15 is 0 Å². The van der Waals surface area contributed by atoms with Crippen LogP contribution in [0, 0.1) is 0 Å². The molecule has 1 amide bonds. The number of hydrogen-bond acceptors (Lipinski definition) is 2. The lowest BCUT2D eigenvalue weighted by Gasteiger charge is -2.31. The first kappa shape index (κ1) is 19.1. The average molecular weight is 345 g/mol. The molecule has 3 N–H and O–H groups in total. The van der Waals surface area contributed by atoms with Gasteiger partial charge in [0.25, 0.3) is 0 Å². The molecule has 1 atom stereocenters. The molecule has 0 radical (unpaired) electrons. The minimum Gasteiger partial charge on any atom is -0.465 e. The molecule has 0 spiro atoms. The Labute approximate surface area is 126 Å². The highest BCUT2D eigenvalue weighted by Crippen LogP contribution is 2.38. The van der Waals surface area contributed by atoms with Gasteiger partial charge in [0.1, 0.15) is 6.10 Å². The Balaban J connectivity index is 3.43. The quantitative estimate of drug-likeness (QED) is 0.730. The Morgan fingerprint density at radius 3 is 1.70 bits per heavy atom. The third-order valence-electron chi connectivity index (χ3n) is 3.04. The van der Waals surface area contributed by atoms with E-state index < -0.39 is 46.8 Å². The van der Waals surface area contributed by atoms with E-state index in [-0.39, 0.29) is 6.07 Å². The van der Waals surface area contributed by atoms with E-state index in [9.17, 15) is 36.2 Å². The van der Waals surface area contributed by atoms with Crippen LogP contribution >= 0.6 is 0 Å². The molecule has 10 heteroatoms. The molecule has 1 unspecified atom stereocenters. The largest absolute Gasteiger partial charge is 0.465 e. The van der Waals surface area contributed by atoms with Gasteiger partial charge in [0.05, 0.1) is 16.7 Å². The standard InChI is InChI=1S/C13H13F6NO3/c1-11(2,20-10(22)23)9(21)6-3-7(12(14,15)16)5-8(4-6)13(17,18)19/h3-5,9,20-21H,1-2H3,(H,22,23). The molecule has 4 nitrogen and oxygen atoms in total. The van der Waals surface area contributed by atoms with Gasteiger partial charge in [0, 0.05) is 0 Å². The molecule has 1 aromatic carbocycles. The van der Waals surface area contributed by atoms with Crippen molar-refractivity contribution in [2.45, 2.75) is 37.8 Å². The summed E-state index contributed by atoms with van der Waals surface area (Å²) < 4.78 is 76.5. The van der Waals surface area contributed by atoms with E-state index in [2.05, 4.69) is 0 Å². The van der Waals surface area contributed by atoms with Gasteiger partial charge in [-0.15, -0.1) is 0 Å². The fourth-order valence-corrected chi connectivity index (χ4v) is 1.90. The van der Waals surface area contributed by atoms with Crippen LogP contribution in [0.15, 0.2) is 18.2 Å². The van der Waals surface area contributed by atoms with E-state index in [0.29, 0.717) is 12.1 Å². The minimum atomic E-state index is -5.06. The number of aliphatic hydroxyl groups is 1. The Morgan fingerprint density at radius 2 is 1.39 bits per heavy atom. The van der Waals surface area contributed by atoms with Gasteiger partial charge in [0.15, 0.2) is 0 Å². The lowest BCUT2D eigenvalue weighted by molar-refractivity contribution is -0.143. The van der Waals surface area contributed by atoms with Crippen LogP contribution in [0.3, 0.4) is 0 Å². The topological polar surface area (TPSA) is 69.6 Å². The van der Waals surface area contributed by atoms with Gasteiger partial charge < -0.3 is 15.5 Å². The summed E-state index contributed by atoms with van der Waals surface area (Å²) in [4.78, 5) is 10.6. The smallest absolute Gasteiger partial charge is 0.416 e. The lowest BCUT2D eigenvalue weighted by Crippen LogP contribution is -2.47. The number of carbonyl (C=O) groups is 1. The van der Waals surface area contributed by atoms with E-state index in [0.717, 1.165) is 13.8 Å². The van der Waals surface area contributed by atoms with E-state index in [1.165, 1.54) is 0 Å². The van der Waals surface area contributed by atoms with Crippen LogP contribution in [0.4, 0.5) is 31.1 Å². The van der Waals surface area contributed by atoms with Crippen LogP contribution in [0.2, 0.25) is 0 Å². The molecule has 1 aromatic rings. The van der Waals surface area contributed by atoms with E-state index in [1.807, 2.05) is 5.32 Å². The van der Waals surface area contributed by atoms with Crippen molar-refractivity contribution in [2.75, 3.05) is 0 Å². The summed E-state index contributed by atoms with van der Waals surface area (Å²) in [6.07, 6.45) is -13.6. The fraction of sp³-hybridized carbons (Fsp3) is 0.462. The second-order valence-corrected chi connectivity index (χ2v) is 5.39. The van der Waals surface area contributed by atoms with Crippen LogP contribution in [0.1, 0.15) is 36.6 Å². The minimum absolute atomic E-state index is 0.0756. The molecule has 0 aliphatic heterocycles. The highest BCUT2D eigenvalue weighted by atomic mass is 19.4. The molecule has 0 heterocycles. The van der Waals surface area contributed by atoms with E-state index in [4.69, 9.17) is 5.11 Å². The van der Waals surface area contributed by atoms with E-state index in [1.54, 1.807) is 0 Å². The van der Waals surface area contributed by atoms with Gasteiger partial charge in [-0.1, -0.05) is 0 Å². The molecule has 0 aliphatic carbocycles. The number of carboxylic acid groups (broad SMARTS) is 1. The Morgan fingerprint density at radius 1 is 1.00 bits per heavy atom. The highest BCUT2D eigenvalue weighted by Gasteiger charge is 2.39. The maximum atomic E-state index is 12.7. The summed E-state index contributed by atoms with van der Waals surface area (Å²) in [5.74, 6) is 0. The SMILES string of the molecule is CC(C)(NC(=O)O)C(O)c1cc(C(F)(F)F)cc(C(F)(F)F)c1. The summed E-state index contributed by atoms with van der Waals surface area (Å²) in [5, 5.41) is 20.5. The maximum absolute atomic E-state index is 12.7. The number of aliphatic hydroxyl groups excluding tert-OH is 1. The third kappa shape index (κ3) is 4.75. The first-order chi connectivity index (χ1) is 10.1. The molecule has 130 valence electrons. The number of halogens is 6. The summed E-state index contributed by atoms with van der Waals surface area (Å²) in [7, 11) is 0. The molecule has 0 saturated heterocycles. The molecular weight excluding hydrogens is 332 g/mol. The molecule has 0 aromatic heterocycles. The lowest BCUT2D eigenvalue weighted by atomic mass is 9.89. The van der Waals surface area contributed by atoms with Gasteiger partial charge in [0.2, 0.25) is 0 Å². The normalized spacial score (nSPS) is 14.5. The van der Waals surface area contributed by atoms with Gasteiger partial charge in [-0.2, -0.15) is 26.3 Å². The van der Waals surface area contributed by atoms with Crippen LogP contribution in [-0.2, 0) is 12.4 Å². The predicted molar refractivity (Wildman–Crippen MR) is 66.6 cm³/mol. The van der Waals surface area contributed by atoms with Crippen molar-refractivity contribution >= 4 is 6.09 Å². The second-order valence-electron chi connectivity index (χ2n) is 5.39. The summed E-state index contributed by atoms with van der Waals surface area (Å²) in [6, 6.07) is 0.629. The number of hydrogen-bond donors (Lipinski definition) is 3. The number of benzene rings is 1. The average Bonchev–Trinajstić information content (AvgIpc) is 2.33.